The van der Waals surface area contributed by atoms with E-state index in [9.17, 15) is 9.00 Å². The van der Waals surface area contributed by atoms with Crippen molar-refractivity contribution in [1.29, 1.82) is 0 Å². The van der Waals surface area contributed by atoms with E-state index in [2.05, 4.69) is 15.3 Å². The van der Waals surface area contributed by atoms with Crippen molar-refractivity contribution in [3.63, 3.8) is 0 Å². The van der Waals surface area contributed by atoms with Crippen LogP contribution in [0.5, 0.6) is 0 Å². The van der Waals surface area contributed by atoms with Gasteiger partial charge in [-0.2, -0.15) is 0 Å². The van der Waals surface area contributed by atoms with E-state index in [1.54, 1.807) is 30.5 Å². The summed E-state index contributed by atoms with van der Waals surface area (Å²) < 4.78 is 13.2. The molecule has 2 aromatic heterocycles. The molecule has 0 saturated carbocycles. The number of hydrogen-bond donors (Lipinski definition) is 1. The molecule has 0 spiro atoms. The van der Waals surface area contributed by atoms with Crippen LogP contribution in [0.1, 0.15) is 27.3 Å². The van der Waals surface area contributed by atoms with Crippen molar-refractivity contribution in [3.05, 3.63) is 77.2 Å². The van der Waals surface area contributed by atoms with Gasteiger partial charge in [0.15, 0.2) is 0 Å². The van der Waals surface area contributed by atoms with Crippen molar-refractivity contribution in [2.45, 2.75) is 24.6 Å². The molecule has 7 heteroatoms. The average Bonchev–Trinajstić information content (AvgIpc) is 2.68. The number of aromatic nitrogens is 2. The number of benzene rings is 1. The molecule has 1 unspecified atom stereocenters. The standard InChI is InChI=1S/C22H24N4O2S/c1-15-9-10-19(21(27)25-18-11-12-23-16(2)13-18)22(24-15)29(28)14-17-7-5-6-8-20(17)26(3)4/h5-13H,14H2,1-4H3,(H,23,25,27). The van der Waals surface area contributed by atoms with Crippen molar-refractivity contribution in [2.24, 2.45) is 0 Å². The second-order valence-corrected chi connectivity index (χ2v) is 8.32. The third kappa shape index (κ3) is 5.06. The molecule has 0 aliphatic rings. The largest absolute Gasteiger partial charge is 0.377 e. The van der Waals surface area contributed by atoms with Crippen LogP contribution >= 0.6 is 0 Å². The Bertz CT molecular complexity index is 1070. The monoisotopic (exact) mass is 408 g/mol. The van der Waals surface area contributed by atoms with Gasteiger partial charge in [0.1, 0.15) is 5.03 Å². The zero-order valence-corrected chi connectivity index (χ0v) is 17.8. The molecule has 3 rings (SSSR count). The highest BCUT2D eigenvalue weighted by atomic mass is 32.2. The molecule has 2 heterocycles. The summed E-state index contributed by atoms with van der Waals surface area (Å²) in [4.78, 5) is 23.4. The molecule has 1 aromatic carbocycles. The Balaban J connectivity index is 1.90. The second kappa shape index (κ2) is 8.96. The minimum absolute atomic E-state index is 0.277. The average molecular weight is 409 g/mol. The van der Waals surface area contributed by atoms with Crippen LogP contribution in [0.3, 0.4) is 0 Å². The predicted molar refractivity (Wildman–Crippen MR) is 117 cm³/mol. The Morgan fingerprint density at radius 3 is 2.55 bits per heavy atom. The first-order valence-corrected chi connectivity index (χ1v) is 10.5. The fourth-order valence-electron chi connectivity index (χ4n) is 2.98. The van der Waals surface area contributed by atoms with Gasteiger partial charge in [-0.05, 0) is 49.7 Å². The van der Waals surface area contributed by atoms with Gasteiger partial charge in [-0.3, -0.25) is 14.0 Å². The number of para-hydroxylation sites is 1. The predicted octanol–water partition coefficient (Wildman–Crippen LogP) is 3.72. The van der Waals surface area contributed by atoms with Crippen LogP contribution < -0.4 is 10.2 Å². The molecule has 0 fully saturated rings. The molecule has 150 valence electrons. The van der Waals surface area contributed by atoms with E-state index in [1.165, 1.54) is 0 Å². The van der Waals surface area contributed by atoms with Crippen molar-refractivity contribution in [1.82, 2.24) is 9.97 Å². The number of aryl methyl sites for hydroxylation is 2. The van der Waals surface area contributed by atoms with Gasteiger partial charge in [0.2, 0.25) is 0 Å². The van der Waals surface area contributed by atoms with E-state index >= 15 is 0 Å². The first-order valence-electron chi connectivity index (χ1n) is 9.20. The minimum atomic E-state index is -1.48. The molecule has 6 nitrogen and oxygen atoms in total. The van der Waals surface area contributed by atoms with Crippen LogP contribution in [0.2, 0.25) is 0 Å². The zero-order chi connectivity index (χ0) is 21.0. The Hall–Kier alpha value is -3.06. The maximum absolute atomic E-state index is 13.2. The summed E-state index contributed by atoms with van der Waals surface area (Å²) >= 11 is 0. The fourth-order valence-corrected chi connectivity index (χ4v) is 4.29. The molecule has 1 N–H and O–H groups in total. The summed E-state index contributed by atoms with van der Waals surface area (Å²) in [6, 6.07) is 14.7. The van der Waals surface area contributed by atoms with Crippen LogP contribution in [0, 0.1) is 13.8 Å². The van der Waals surface area contributed by atoms with Crippen molar-refractivity contribution in [3.8, 4) is 0 Å². The maximum Gasteiger partial charge on any atom is 0.258 e. The molecule has 0 bridgehead atoms. The summed E-state index contributed by atoms with van der Waals surface area (Å²) in [7, 11) is 2.42. The van der Waals surface area contributed by atoms with Crippen LogP contribution in [0.25, 0.3) is 0 Å². The van der Waals surface area contributed by atoms with E-state index in [4.69, 9.17) is 0 Å². The highest BCUT2D eigenvalue weighted by Gasteiger charge is 2.20. The lowest BCUT2D eigenvalue weighted by Gasteiger charge is -2.17. The summed E-state index contributed by atoms with van der Waals surface area (Å²) in [5.41, 5.74) is 4.39. The number of carbonyl (C=O) groups is 1. The molecule has 0 radical (unpaired) electrons. The fraction of sp³-hybridized carbons (Fsp3) is 0.227. The molecule has 0 saturated heterocycles. The lowest BCUT2D eigenvalue weighted by Crippen LogP contribution is -2.17. The van der Waals surface area contributed by atoms with Crippen LogP contribution in [-0.4, -0.2) is 34.2 Å². The van der Waals surface area contributed by atoms with Gasteiger partial charge >= 0.3 is 0 Å². The number of pyridine rings is 2. The number of carbonyl (C=O) groups excluding carboxylic acids is 1. The molecule has 0 aliphatic heterocycles. The summed E-state index contributed by atoms with van der Waals surface area (Å²) in [6.45, 7) is 3.67. The van der Waals surface area contributed by atoms with E-state index < -0.39 is 10.8 Å². The number of rotatable bonds is 6. The number of nitrogens with zero attached hydrogens (tertiary/aromatic N) is 3. The number of amides is 1. The van der Waals surface area contributed by atoms with Gasteiger partial charge in [0.25, 0.3) is 5.91 Å². The van der Waals surface area contributed by atoms with Gasteiger partial charge in [-0.25, -0.2) is 4.98 Å². The summed E-state index contributed by atoms with van der Waals surface area (Å²) in [5, 5.41) is 3.14. The van der Waals surface area contributed by atoms with Crippen molar-refractivity contribution < 1.29 is 9.00 Å². The van der Waals surface area contributed by atoms with Crippen molar-refractivity contribution in [2.75, 3.05) is 24.3 Å². The first-order chi connectivity index (χ1) is 13.8. The number of hydrogen-bond acceptors (Lipinski definition) is 5. The van der Waals surface area contributed by atoms with Crippen LogP contribution in [0.15, 0.2) is 59.8 Å². The van der Waals surface area contributed by atoms with Crippen LogP contribution in [0.4, 0.5) is 11.4 Å². The Kier molecular flexibility index (Phi) is 6.39. The molecule has 3 aromatic rings. The van der Waals surface area contributed by atoms with E-state index in [0.29, 0.717) is 22.0 Å². The van der Waals surface area contributed by atoms with Gasteiger partial charge < -0.3 is 10.2 Å². The molecular formula is C22H24N4O2S. The molecule has 0 aliphatic carbocycles. The quantitative estimate of drug-likeness (QED) is 0.673. The topological polar surface area (TPSA) is 75.2 Å². The minimum Gasteiger partial charge on any atom is -0.377 e. The van der Waals surface area contributed by atoms with E-state index in [1.807, 2.05) is 57.1 Å². The third-order valence-electron chi connectivity index (χ3n) is 4.37. The number of anilines is 2. The molecule has 1 amide bonds. The zero-order valence-electron chi connectivity index (χ0n) is 17.0. The van der Waals surface area contributed by atoms with E-state index in [-0.39, 0.29) is 11.7 Å². The summed E-state index contributed by atoms with van der Waals surface area (Å²) in [5.74, 6) is -0.0632. The first kappa shape index (κ1) is 20.7. The van der Waals surface area contributed by atoms with Crippen LogP contribution in [-0.2, 0) is 16.6 Å². The lowest BCUT2D eigenvalue weighted by atomic mass is 10.2. The SMILES string of the molecule is Cc1cc(NC(=O)c2ccc(C)nc2S(=O)Cc2ccccc2N(C)C)ccn1. The Morgan fingerprint density at radius 1 is 1.07 bits per heavy atom. The van der Waals surface area contributed by atoms with Gasteiger partial charge in [-0.15, -0.1) is 0 Å². The van der Waals surface area contributed by atoms with E-state index in [0.717, 1.165) is 16.9 Å². The Morgan fingerprint density at radius 2 is 1.83 bits per heavy atom. The second-order valence-electron chi connectivity index (χ2n) is 6.96. The third-order valence-corrected chi connectivity index (χ3v) is 5.69. The lowest BCUT2D eigenvalue weighted by molar-refractivity contribution is 0.102. The highest BCUT2D eigenvalue weighted by molar-refractivity contribution is 7.84. The maximum atomic E-state index is 13.2. The normalized spacial score (nSPS) is 11.7. The molecular weight excluding hydrogens is 384 g/mol. The number of nitrogens with one attached hydrogen (secondary N) is 1. The van der Waals surface area contributed by atoms with Gasteiger partial charge in [0.05, 0.1) is 22.1 Å². The summed E-state index contributed by atoms with van der Waals surface area (Å²) in [6.07, 6.45) is 1.63. The van der Waals surface area contributed by atoms with Gasteiger partial charge in [0, 0.05) is 43.1 Å². The smallest absolute Gasteiger partial charge is 0.258 e. The van der Waals surface area contributed by atoms with Crippen molar-refractivity contribution >= 4 is 28.1 Å². The highest BCUT2D eigenvalue weighted by Crippen LogP contribution is 2.23. The Labute approximate surface area is 173 Å². The molecule has 1 atom stereocenters. The molecule has 29 heavy (non-hydrogen) atoms. The van der Waals surface area contributed by atoms with Gasteiger partial charge in [-0.1, -0.05) is 18.2 Å².